The summed E-state index contributed by atoms with van der Waals surface area (Å²) >= 11 is 1.57. The van der Waals surface area contributed by atoms with Gasteiger partial charge in [-0.15, -0.1) is 11.3 Å². The maximum atomic E-state index is 12.9. The summed E-state index contributed by atoms with van der Waals surface area (Å²) in [4.78, 5) is 17.2. The lowest BCUT2D eigenvalue weighted by molar-refractivity contribution is -0.385. The molecule has 1 aliphatic rings. The van der Waals surface area contributed by atoms with Crippen molar-refractivity contribution < 1.29 is 13.3 Å². The molecular weight excluding hydrogens is 448 g/mol. The van der Waals surface area contributed by atoms with Crippen LogP contribution in [0.3, 0.4) is 0 Å². The van der Waals surface area contributed by atoms with Crippen molar-refractivity contribution in [1.29, 1.82) is 0 Å². The van der Waals surface area contributed by atoms with Crippen LogP contribution in [0, 0.1) is 10.1 Å². The molecule has 0 atom stereocenters. The van der Waals surface area contributed by atoms with Gasteiger partial charge in [0.2, 0.25) is 10.0 Å². The van der Waals surface area contributed by atoms with Crippen LogP contribution in [0.2, 0.25) is 0 Å². The van der Waals surface area contributed by atoms with Crippen molar-refractivity contribution in [2.75, 3.05) is 31.1 Å². The molecule has 0 N–H and O–H groups in total. The number of rotatable bonds is 7. The molecule has 0 spiro atoms. The molecule has 1 aromatic heterocycles. The van der Waals surface area contributed by atoms with E-state index in [0.29, 0.717) is 26.2 Å². The number of piperazine rings is 1. The second-order valence-corrected chi connectivity index (χ2v) is 10.4. The number of anilines is 1. The molecule has 0 bridgehead atoms. The molecule has 2 heterocycles. The third-order valence-electron chi connectivity index (χ3n) is 5.53. The molecule has 10 heteroatoms. The molecule has 4 rings (SSSR count). The number of thiazole rings is 1. The van der Waals surface area contributed by atoms with E-state index in [1.54, 1.807) is 11.3 Å². The first-order valence-corrected chi connectivity index (χ1v) is 12.7. The van der Waals surface area contributed by atoms with Gasteiger partial charge in [0, 0.05) is 50.1 Å². The highest BCUT2D eigenvalue weighted by atomic mass is 32.2. The summed E-state index contributed by atoms with van der Waals surface area (Å²) in [5.41, 5.74) is 3.29. The molecule has 0 unspecified atom stereocenters. The highest BCUT2D eigenvalue weighted by Crippen LogP contribution is 2.26. The highest BCUT2D eigenvalue weighted by molar-refractivity contribution is 7.89. The lowest BCUT2D eigenvalue weighted by Crippen LogP contribution is -2.48. The first-order chi connectivity index (χ1) is 15.4. The molecule has 2 aromatic carbocycles. The van der Waals surface area contributed by atoms with Crippen LogP contribution >= 0.6 is 11.3 Å². The summed E-state index contributed by atoms with van der Waals surface area (Å²) in [6.07, 6.45) is 1.78. The first kappa shape index (κ1) is 22.4. The van der Waals surface area contributed by atoms with Gasteiger partial charge in [-0.25, -0.2) is 13.4 Å². The SMILES string of the molecule is CCc1ccc(Cc2csc(N3CCN(S(=O)(=O)c4cccc([N+](=O)[O-])c4)CC3)n2)cc1. The van der Waals surface area contributed by atoms with Gasteiger partial charge >= 0.3 is 0 Å². The Hall–Kier alpha value is -2.82. The fraction of sp³-hybridized carbons (Fsp3) is 0.318. The van der Waals surface area contributed by atoms with Gasteiger partial charge in [-0.05, 0) is 23.6 Å². The minimum atomic E-state index is -3.78. The van der Waals surface area contributed by atoms with Crippen molar-refractivity contribution in [3.05, 3.63) is 80.8 Å². The van der Waals surface area contributed by atoms with E-state index in [1.807, 2.05) is 0 Å². The fourth-order valence-corrected chi connectivity index (χ4v) is 5.99. The van der Waals surface area contributed by atoms with E-state index in [-0.39, 0.29) is 10.6 Å². The van der Waals surface area contributed by atoms with Crippen LogP contribution < -0.4 is 4.90 Å². The van der Waals surface area contributed by atoms with Crippen LogP contribution in [0.4, 0.5) is 10.8 Å². The van der Waals surface area contributed by atoms with Gasteiger partial charge in [0.1, 0.15) is 0 Å². The summed E-state index contributed by atoms with van der Waals surface area (Å²) in [7, 11) is -3.78. The monoisotopic (exact) mass is 472 g/mol. The molecule has 3 aromatic rings. The molecular formula is C22H24N4O4S2. The first-order valence-electron chi connectivity index (χ1n) is 10.4. The average Bonchev–Trinajstić information content (AvgIpc) is 3.28. The second kappa shape index (κ2) is 9.35. The van der Waals surface area contributed by atoms with Crippen LogP contribution in [0.5, 0.6) is 0 Å². The molecule has 0 amide bonds. The number of hydrogen-bond donors (Lipinski definition) is 0. The Morgan fingerprint density at radius 1 is 1.06 bits per heavy atom. The van der Waals surface area contributed by atoms with E-state index >= 15 is 0 Å². The fourth-order valence-electron chi connectivity index (χ4n) is 3.65. The van der Waals surface area contributed by atoms with Crippen LogP contribution in [-0.4, -0.2) is 48.8 Å². The van der Waals surface area contributed by atoms with Crippen molar-refractivity contribution in [3.8, 4) is 0 Å². The Morgan fingerprint density at radius 2 is 1.75 bits per heavy atom. The number of nitro groups is 1. The summed E-state index contributed by atoms with van der Waals surface area (Å²) in [5.74, 6) is 0. The Labute approximate surface area is 191 Å². The number of nitrogens with zero attached hydrogens (tertiary/aromatic N) is 4. The number of benzene rings is 2. The van der Waals surface area contributed by atoms with E-state index in [4.69, 9.17) is 4.98 Å². The van der Waals surface area contributed by atoms with E-state index in [2.05, 4.69) is 41.5 Å². The predicted molar refractivity (Wildman–Crippen MR) is 125 cm³/mol. The Bertz CT molecular complexity index is 1200. The number of aryl methyl sites for hydroxylation is 1. The smallest absolute Gasteiger partial charge is 0.270 e. The topological polar surface area (TPSA) is 96.7 Å². The lowest BCUT2D eigenvalue weighted by atomic mass is 10.1. The van der Waals surface area contributed by atoms with Gasteiger partial charge in [-0.3, -0.25) is 10.1 Å². The molecule has 0 radical (unpaired) electrons. The van der Waals surface area contributed by atoms with E-state index in [1.165, 1.54) is 33.6 Å². The zero-order chi connectivity index (χ0) is 22.7. The third kappa shape index (κ3) is 4.82. The Kier molecular flexibility index (Phi) is 6.54. The number of sulfonamides is 1. The average molecular weight is 473 g/mol. The van der Waals surface area contributed by atoms with E-state index < -0.39 is 14.9 Å². The highest BCUT2D eigenvalue weighted by Gasteiger charge is 2.30. The molecule has 8 nitrogen and oxygen atoms in total. The molecule has 1 fully saturated rings. The van der Waals surface area contributed by atoms with Gasteiger partial charge in [-0.2, -0.15) is 4.31 Å². The number of aromatic nitrogens is 1. The number of non-ortho nitro benzene ring substituents is 1. The van der Waals surface area contributed by atoms with Crippen molar-refractivity contribution >= 4 is 32.2 Å². The second-order valence-electron chi connectivity index (χ2n) is 7.61. The lowest BCUT2D eigenvalue weighted by Gasteiger charge is -2.33. The van der Waals surface area contributed by atoms with E-state index in [0.717, 1.165) is 29.7 Å². The zero-order valence-electron chi connectivity index (χ0n) is 17.7. The van der Waals surface area contributed by atoms with Crippen LogP contribution in [0.25, 0.3) is 0 Å². The standard InChI is InChI=1S/C22H24N4O4S2/c1-2-17-6-8-18(9-7-17)14-19-16-31-22(23-19)24-10-12-25(13-11-24)32(29,30)21-5-3-4-20(15-21)26(27)28/h3-9,15-16H,2,10-14H2,1H3. The largest absolute Gasteiger partial charge is 0.345 e. The van der Waals surface area contributed by atoms with Crippen molar-refractivity contribution in [1.82, 2.24) is 9.29 Å². The van der Waals surface area contributed by atoms with E-state index in [9.17, 15) is 18.5 Å². The molecule has 1 aliphatic heterocycles. The molecule has 168 valence electrons. The number of hydrogen-bond acceptors (Lipinski definition) is 7. The summed E-state index contributed by atoms with van der Waals surface area (Å²) in [6, 6.07) is 13.7. The number of nitro benzene ring substituents is 1. The Balaban J connectivity index is 1.39. The third-order valence-corrected chi connectivity index (χ3v) is 8.38. The minimum absolute atomic E-state index is 0.0502. The van der Waals surface area contributed by atoms with Crippen LogP contribution in [-0.2, 0) is 22.9 Å². The molecule has 0 saturated carbocycles. The van der Waals surface area contributed by atoms with Gasteiger partial charge in [0.15, 0.2) is 5.13 Å². The molecule has 0 aliphatic carbocycles. The quantitative estimate of drug-likeness (QED) is 0.384. The predicted octanol–water partition coefficient (Wildman–Crippen LogP) is 3.72. The van der Waals surface area contributed by atoms with Gasteiger partial charge in [-0.1, -0.05) is 37.3 Å². The van der Waals surface area contributed by atoms with Gasteiger partial charge in [0.05, 0.1) is 15.5 Å². The van der Waals surface area contributed by atoms with Crippen LogP contribution in [0.1, 0.15) is 23.7 Å². The van der Waals surface area contributed by atoms with Gasteiger partial charge in [0.25, 0.3) is 5.69 Å². The molecule has 32 heavy (non-hydrogen) atoms. The maximum absolute atomic E-state index is 12.9. The van der Waals surface area contributed by atoms with Crippen molar-refractivity contribution in [2.24, 2.45) is 0 Å². The maximum Gasteiger partial charge on any atom is 0.270 e. The summed E-state index contributed by atoms with van der Waals surface area (Å²) in [5, 5.41) is 13.9. The summed E-state index contributed by atoms with van der Waals surface area (Å²) in [6.45, 7) is 3.78. The zero-order valence-corrected chi connectivity index (χ0v) is 19.3. The summed E-state index contributed by atoms with van der Waals surface area (Å²) < 4.78 is 27.2. The van der Waals surface area contributed by atoms with Crippen molar-refractivity contribution in [2.45, 2.75) is 24.7 Å². The van der Waals surface area contributed by atoms with Gasteiger partial charge < -0.3 is 4.90 Å². The normalized spacial score (nSPS) is 15.1. The minimum Gasteiger partial charge on any atom is -0.345 e. The molecule has 1 saturated heterocycles. The Morgan fingerprint density at radius 3 is 2.41 bits per heavy atom. The van der Waals surface area contributed by atoms with Crippen molar-refractivity contribution in [3.63, 3.8) is 0 Å². The van der Waals surface area contributed by atoms with Crippen LogP contribution in [0.15, 0.2) is 58.8 Å².